The molecule has 7 nitrogen and oxygen atoms in total. The van der Waals surface area contributed by atoms with Gasteiger partial charge in [-0.3, -0.25) is 9.59 Å². The molecular weight excluding hydrogens is 428 g/mol. The topological polar surface area (TPSA) is 88.3 Å². The van der Waals surface area contributed by atoms with Crippen molar-refractivity contribution in [3.8, 4) is 0 Å². The van der Waals surface area contributed by atoms with E-state index in [0.717, 1.165) is 28.8 Å². The summed E-state index contributed by atoms with van der Waals surface area (Å²) in [5, 5.41) is 10.8. The molecule has 0 unspecified atom stereocenters. The van der Waals surface area contributed by atoms with E-state index in [1.807, 2.05) is 23.1 Å². The lowest BCUT2D eigenvalue weighted by molar-refractivity contribution is -0.147. The first-order valence-electron chi connectivity index (χ1n) is 10.8. The molecule has 0 saturated heterocycles. The second-order valence-corrected chi connectivity index (χ2v) is 9.33. The average Bonchev–Trinajstić information content (AvgIpc) is 3.06. The maximum atomic E-state index is 12.9. The van der Waals surface area contributed by atoms with Gasteiger partial charge in [-0.2, -0.15) is 0 Å². The molecule has 3 aromatic heterocycles. The Morgan fingerprint density at radius 1 is 1.22 bits per heavy atom. The number of aliphatic carboxylic acids is 1. The lowest BCUT2D eigenvalue weighted by Gasteiger charge is -2.29. The summed E-state index contributed by atoms with van der Waals surface area (Å²) in [5.74, 6) is -0.776. The van der Waals surface area contributed by atoms with Crippen LogP contribution in [0.5, 0.6) is 0 Å². The Balaban J connectivity index is 1.55. The third-order valence-corrected chi connectivity index (χ3v) is 6.44. The van der Waals surface area contributed by atoms with Crippen LogP contribution in [0.3, 0.4) is 0 Å². The summed E-state index contributed by atoms with van der Waals surface area (Å²) in [6.45, 7) is 5.08. The first-order chi connectivity index (χ1) is 15.3. The number of rotatable bonds is 7. The molecular formula is C24H27ClN4O3. The second kappa shape index (κ2) is 8.90. The van der Waals surface area contributed by atoms with Crippen LogP contribution in [0.25, 0.3) is 11.0 Å². The Morgan fingerprint density at radius 2 is 2.03 bits per heavy atom. The molecule has 0 bridgehead atoms. The molecule has 1 aliphatic heterocycles. The van der Waals surface area contributed by atoms with Crippen molar-refractivity contribution in [2.24, 2.45) is 5.41 Å². The van der Waals surface area contributed by atoms with E-state index in [1.165, 1.54) is 5.56 Å². The summed E-state index contributed by atoms with van der Waals surface area (Å²) >= 11 is 6.09. The van der Waals surface area contributed by atoms with Gasteiger partial charge in [0.2, 0.25) is 5.91 Å². The van der Waals surface area contributed by atoms with Gasteiger partial charge in [0.05, 0.1) is 24.2 Å². The lowest BCUT2D eigenvalue weighted by Crippen LogP contribution is -2.36. The van der Waals surface area contributed by atoms with Crippen LogP contribution in [-0.4, -0.2) is 43.0 Å². The number of fused-ring (bicyclic) bond motifs is 3. The van der Waals surface area contributed by atoms with E-state index in [4.69, 9.17) is 11.6 Å². The molecule has 0 spiro atoms. The molecule has 0 radical (unpaired) electrons. The van der Waals surface area contributed by atoms with Gasteiger partial charge in [-0.25, -0.2) is 9.97 Å². The molecule has 4 rings (SSSR count). The van der Waals surface area contributed by atoms with Gasteiger partial charge in [-0.15, -0.1) is 0 Å². The Bertz CT molecular complexity index is 1170. The zero-order chi connectivity index (χ0) is 22.9. The minimum Gasteiger partial charge on any atom is -0.481 e. The van der Waals surface area contributed by atoms with Crippen molar-refractivity contribution in [2.45, 2.75) is 52.6 Å². The van der Waals surface area contributed by atoms with Gasteiger partial charge in [0.1, 0.15) is 10.8 Å². The van der Waals surface area contributed by atoms with Crippen molar-refractivity contribution >= 4 is 34.5 Å². The highest BCUT2D eigenvalue weighted by molar-refractivity contribution is 6.29. The molecule has 4 heterocycles. The molecule has 8 heteroatoms. The maximum Gasteiger partial charge on any atom is 0.309 e. The first kappa shape index (κ1) is 22.3. The smallest absolute Gasteiger partial charge is 0.309 e. The van der Waals surface area contributed by atoms with Crippen LogP contribution in [0.4, 0.5) is 0 Å². The Hall–Kier alpha value is -2.93. The van der Waals surface area contributed by atoms with E-state index in [9.17, 15) is 14.7 Å². The van der Waals surface area contributed by atoms with Crippen molar-refractivity contribution in [2.75, 3.05) is 6.54 Å². The lowest BCUT2D eigenvalue weighted by atomic mass is 9.87. The number of carboxylic acid groups (broad SMARTS) is 1. The van der Waals surface area contributed by atoms with E-state index in [2.05, 4.69) is 20.6 Å². The molecule has 1 amide bonds. The highest BCUT2D eigenvalue weighted by Gasteiger charge is 2.29. The van der Waals surface area contributed by atoms with Gasteiger partial charge in [0, 0.05) is 30.2 Å². The molecule has 32 heavy (non-hydrogen) atoms. The van der Waals surface area contributed by atoms with Crippen LogP contribution in [0.2, 0.25) is 5.15 Å². The van der Waals surface area contributed by atoms with Crippen molar-refractivity contribution in [1.29, 1.82) is 0 Å². The fourth-order valence-electron chi connectivity index (χ4n) is 4.29. The SMILES string of the molecule is CC(C)(CCCC(=O)N1CCc2c(n(Cc3cccc(Cl)n3)c3ncccc23)C1)C(=O)O. The third kappa shape index (κ3) is 4.48. The largest absolute Gasteiger partial charge is 0.481 e. The molecule has 0 aliphatic carbocycles. The molecule has 168 valence electrons. The number of carboxylic acids is 1. The number of carbonyl (C=O) groups is 2. The first-order valence-corrected chi connectivity index (χ1v) is 11.2. The van der Waals surface area contributed by atoms with Gasteiger partial charge < -0.3 is 14.6 Å². The number of hydrogen-bond acceptors (Lipinski definition) is 4. The Labute approximate surface area is 192 Å². The van der Waals surface area contributed by atoms with E-state index in [0.29, 0.717) is 44.0 Å². The number of halogens is 1. The van der Waals surface area contributed by atoms with Crippen LogP contribution in [-0.2, 0) is 29.1 Å². The average molecular weight is 455 g/mol. The summed E-state index contributed by atoms with van der Waals surface area (Å²) in [6, 6.07) is 9.58. The number of carbonyl (C=O) groups excluding carboxylic acids is 1. The van der Waals surface area contributed by atoms with Gasteiger partial charge >= 0.3 is 5.97 Å². The highest BCUT2D eigenvalue weighted by atomic mass is 35.5. The van der Waals surface area contributed by atoms with E-state index >= 15 is 0 Å². The summed E-state index contributed by atoms with van der Waals surface area (Å²) in [6.07, 6.45) is 3.92. The Kier molecular flexibility index (Phi) is 6.20. The van der Waals surface area contributed by atoms with Crippen molar-refractivity contribution < 1.29 is 14.7 Å². The minimum absolute atomic E-state index is 0.0579. The summed E-state index contributed by atoms with van der Waals surface area (Å²) in [7, 11) is 0. The third-order valence-electron chi connectivity index (χ3n) is 6.23. The van der Waals surface area contributed by atoms with E-state index < -0.39 is 11.4 Å². The van der Waals surface area contributed by atoms with E-state index in [-0.39, 0.29) is 5.91 Å². The van der Waals surface area contributed by atoms with Crippen LogP contribution in [0.1, 0.15) is 50.1 Å². The summed E-state index contributed by atoms with van der Waals surface area (Å²) in [4.78, 5) is 35.1. The van der Waals surface area contributed by atoms with Crippen LogP contribution in [0, 0.1) is 5.41 Å². The molecule has 0 fully saturated rings. The van der Waals surface area contributed by atoms with Gasteiger partial charge in [-0.05, 0) is 62.9 Å². The van der Waals surface area contributed by atoms with Gasteiger partial charge in [-0.1, -0.05) is 17.7 Å². The number of aromatic nitrogens is 3. The number of amides is 1. The molecule has 0 aromatic carbocycles. The van der Waals surface area contributed by atoms with Crippen molar-refractivity contribution in [1.82, 2.24) is 19.4 Å². The van der Waals surface area contributed by atoms with Gasteiger partial charge in [0.15, 0.2) is 0 Å². The number of nitrogens with zero attached hydrogens (tertiary/aromatic N) is 4. The Morgan fingerprint density at radius 3 is 2.78 bits per heavy atom. The zero-order valence-electron chi connectivity index (χ0n) is 18.3. The quantitative estimate of drug-likeness (QED) is 0.538. The monoisotopic (exact) mass is 454 g/mol. The highest BCUT2D eigenvalue weighted by Crippen LogP contribution is 2.31. The molecule has 1 aliphatic rings. The second-order valence-electron chi connectivity index (χ2n) is 8.95. The maximum absolute atomic E-state index is 12.9. The van der Waals surface area contributed by atoms with Crippen LogP contribution >= 0.6 is 11.6 Å². The summed E-state index contributed by atoms with van der Waals surface area (Å²) in [5.41, 5.74) is 3.20. The van der Waals surface area contributed by atoms with Crippen molar-refractivity contribution in [3.63, 3.8) is 0 Å². The molecule has 1 N–H and O–H groups in total. The predicted octanol–water partition coefficient (Wildman–Crippen LogP) is 4.30. The van der Waals surface area contributed by atoms with Crippen LogP contribution in [0.15, 0.2) is 36.5 Å². The zero-order valence-corrected chi connectivity index (χ0v) is 19.1. The number of pyridine rings is 2. The minimum atomic E-state index is -0.834. The predicted molar refractivity (Wildman–Crippen MR) is 122 cm³/mol. The molecule has 3 aromatic rings. The summed E-state index contributed by atoms with van der Waals surface area (Å²) < 4.78 is 2.14. The molecule has 0 saturated carbocycles. The fraction of sp³-hybridized carbons (Fsp3) is 0.417. The standard InChI is InChI=1S/C24H27ClN4O3/c1-24(2,23(31)32)11-4-9-21(30)28-13-10-17-18-7-5-12-26-22(18)29(19(17)15-28)14-16-6-3-8-20(25)27-16/h3,5-8,12H,4,9-11,13-15H2,1-2H3,(H,31,32). The van der Waals surface area contributed by atoms with Gasteiger partial charge in [0.25, 0.3) is 0 Å². The molecule has 0 atom stereocenters. The normalized spacial score (nSPS) is 13.9. The number of hydrogen-bond donors (Lipinski definition) is 1. The fourth-order valence-corrected chi connectivity index (χ4v) is 4.47. The van der Waals surface area contributed by atoms with E-state index in [1.54, 1.807) is 26.1 Å². The van der Waals surface area contributed by atoms with Crippen LogP contribution < -0.4 is 0 Å². The van der Waals surface area contributed by atoms with Crippen molar-refractivity contribution in [3.05, 3.63) is 58.6 Å².